The molecule has 2 spiro atoms. The second kappa shape index (κ2) is 13.0. The highest BCUT2D eigenvalue weighted by atomic mass is 19.4. The fourth-order valence-electron chi connectivity index (χ4n) is 7.59. The predicted octanol–water partition coefficient (Wildman–Crippen LogP) is 7.75. The quantitative estimate of drug-likeness (QED) is 0.273. The van der Waals surface area contributed by atoms with Crippen LogP contribution in [0.4, 0.5) is 45.5 Å². The molecule has 2 saturated carbocycles. The number of nitrogens with zero attached hydrogens (tertiary/aromatic N) is 2. The van der Waals surface area contributed by atoms with Gasteiger partial charge in [-0.1, -0.05) is 36.4 Å². The van der Waals surface area contributed by atoms with Gasteiger partial charge in [0.1, 0.15) is 11.2 Å². The summed E-state index contributed by atoms with van der Waals surface area (Å²) in [7, 11) is 0. The average Bonchev–Trinajstić information content (AvgIpc) is 3.61. The maximum atomic E-state index is 13.7. The molecule has 2 aliphatic carbocycles. The highest BCUT2D eigenvalue weighted by Gasteiger charge is 2.50. The third-order valence-electron chi connectivity index (χ3n) is 10.5. The number of benzene rings is 3. The summed E-state index contributed by atoms with van der Waals surface area (Å²) in [4.78, 5) is 55.4. The van der Waals surface area contributed by atoms with Gasteiger partial charge in [0.05, 0.1) is 30.0 Å². The first-order valence-corrected chi connectivity index (χ1v) is 16.9. The number of para-hydroxylation sites is 2. The van der Waals surface area contributed by atoms with Crippen molar-refractivity contribution in [3.05, 3.63) is 84.4 Å². The van der Waals surface area contributed by atoms with Crippen LogP contribution in [-0.2, 0) is 25.2 Å². The van der Waals surface area contributed by atoms with E-state index in [1.807, 2.05) is 60.7 Å². The van der Waals surface area contributed by atoms with E-state index < -0.39 is 52.9 Å². The molecule has 0 unspecified atom stereocenters. The van der Waals surface area contributed by atoms with E-state index in [1.165, 1.54) is 0 Å². The number of rotatable bonds is 6. The lowest BCUT2D eigenvalue weighted by molar-refractivity contribution is -0.137. The topological polar surface area (TPSA) is 117 Å². The number of halogens is 3. The summed E-state index contributed by atoms with van der Waals surface area (Å²) in [5.41, 5.74) is -1.04. The van der Waals surface area contributed by atoms with Gasteiger partial charge in [-0.2, -0.15) is 13.2 Å². The largest absolute Gasteiger partial charge is 0.441 e. The number of hydrogen-bond donors (Lipinski definition) is 2. The molecule has 2 saturated heterocycles. The molecule has 50 heavy (non-hydrogen) atoms. The molecule has 7 rings (SSSR count). The van der Waals surface area contributed by atoms with Gasteiger partial charge in [0, 0.05) is 23.2 Å². The van der Waals surface area contributed by atoms with Crippen molar-refractivity contribution in [1.29, 1.82) is 0 Å². The van der Waals surface area contributed by atoms with Gasteiger partial charge >= 0.3 is 18.4 Å². The molecule has 2 heterocycles. The van der Waals surface area contributed by atoms with Gasteiger partial charge in [0.25, 0.3) is 0 Å². The first-order chi connectivity index (χ1) is 23.9. The van der Waals surface area contributed by atoms with Crippen LogP contribution < -0.4 is 20.4 Å². The second-order valence-electron chi connectivity index (χ2n) is 13.7. The van der Waals surface area contributed by atoms with Crippen molar-refractivity contribution < 1.29 is 41.8 Å². The minimum absolute atomic E-state index is 0.0645. The summed E-state index contributed by atoms with van der Waals surface area (Å²) in [6.07, 6.45) is -2.21. The molecule has 3 aromatic rings. The summed E-state index contributed by atoms with van der Waals surface area (Å²) in [6, 6.07) is 21.2. The van der Waals surface area contributed by atoms with E-state index in [2.05, 4.69) is 10.6 Å². The van der Waals surface area contributed by atoms with Gasteiger partial charge < -0.3 is 20.1 Å². The highest BCUT2D eigenvalue weighted by Crippen LogP contribution is 2.43. The molecule has 0 bridgehead atoms. The van der Waals surface area contributed by atoms with E-state index >= 15 is 0 Å². The van der Waals surface area contributed by atoms with Crippen molar-refractivity contribution in [2.75, 3.05) is 33.5 Å². The van der Waals surface area contributed by atoms with E-state index in [9.17, 15) is 32.3 Å². The average molecular weight is 691 g/mol. The number of carbonyl (C=O) groups excluding carboxylic acids is 4. The maximum Gasteiger partial charge on any atom is 0.416 e. The zero-order valence-corrected chi connectivity index (χ0v) is 27.2. The van der Waals surface area contributed by atoms with Crippen LogP contribution in [0.15, 0.2) is 78.9 Å². The van der Waals surface area contributed by atoms with Crippen LogP contribution in [0.5, 0.6) is 0 Å². The van der Waals surface area contributed by atoms with Crippen LogP contribution in [-0.4, -0.2) is 48.3 Å². The molecule has 0 atom stereocenters. The Balaban J connectivity index is 0.984. The fourth-order valence-corrected chi connectivity index (χ4v) is 7.59. The normalized spacial score (nSPS) is 26.5. The lowest BCUT2D eigenvalue weighted by Gasteiger charge is -2.35. The Hall–Kier alpha value is -5.07. The van der Waals surface area contributed by atoms with Crippen LogP contribution in [0, 0.1) is 11.8 Å². The molecule has 2 aliphatic heterocycles. The SMILES string of the molecule is O=C(Nc1cc(C(F)(F)F)ccc1NC(=O)[C@H]1CC[C@@]2(CC1)CN(c1ccccc1)C(=O)O2)C1CCC2(CC1)CN(c1ccccc1)C(=O)O2. The van der Waals surface area contributed by atoms with Crippen LogP contribution in [0.3, 0.4) is 0 Å². The number of nitrogens with one attached hydrogen (secondary N) is 2. The first kappa shape index (κ1) is 33.4. The van der Waals surface area contributed by atoms with Gasteiger partial charge in [-0.3, -0.25) is 19.4 Å². The third-order valence-corrected chi connectivity index (χ3v) is 10.5. The van der Waals surface area contributed by atoms with Gasteiger partial charge in [0.2, 0.25) is 11.8 Å². The summed E-state index contributed by atoms with van der Waals surface area (Å²) in [5, 5.41) is 5.41. The Labute approximate surface area is 286 Å². The van der Waals surface area contributed by atoms with Crippen molar-refractivity contribution in [3.63, 3.8) is 0 Å². The number of carbonyl (C=O) groups is 4. The number of hydrogen-bond acceptors (Lipinski definition) is 6. The minimum Gasteiger partial charge on any atom is -0.441 e. The van der Waals surface area contributed by atoms with Gasteiger partial charge in [-0.25, -0.2) is 9.59 Å². The molecule has 0 radical (unpaired) electrons. The molecule has 2 N–H and O–H groups in total. The zero-order chi connectivity index (χ0) is 35.1. The molecule has 4 amide bonds. The highest BCUT2D eigenvalue weighted by molar-refractivity contribution is 6.01. The van der Waals surface area contributed by atoms with Crippen LogP contribution in [0.25, 0.3) is 0 Å². The molecule has 0 aromatic heterocycles. The van der Waals surface area contributed by atoms with Crippen LogP contribution in [0.2, 0.25) is 0 Å². The molecule has 10 nitrogen and oxygen atoms in total. The smallest absolute Gasteiger partial charge is 0.416 e. The minimum atomic E-state index is -4.67. The Morgan fingerprint density at radius 3 is 1.48 bits per heavy atom. The fraction of sp³-hybridized carbons (Fsp3) is 0.405. The van der Waals surface area contributed by atoms with Crippen LogP contribution in [0.1, 0.15) is 56.9 Å². The Kier molecular flexibility index (Phi) is 8.69. The Morgan fingerprint density at radius 1 is 0.640 bits per heavy atom. The lowest BCUT2D eigenvalue weighted by Crippen LogP contribution is -2.41. The molecule has 262 valence electrons. The van der Waals surface area contributed by atoms with E-state index in [0.29, 0.717) is 64.5 Å². The van der Waals surface area contributed by atoms with Gasteiger partial charge in [-0.15, -0.1) is 0 Å². The van der Waals surface area contributed by atoms with Crippen molar-refractivity contribution in [2.45, 2.75) is 68.7 Å². The molecular weight excluding hydrogens is 653 g/mol. The number of amides is 4. The van der Waals surface area contributed by atoms with Crippen molar-refractivity contribution in [2.24, 2.45) is 11.8 Å². The van der Waals surface area contributed by atoms with E-state index in [4.69, 9.17) is 9.47 Å². The number of ether oxygens (including phenoxy) is 2. The lowest BCUT2D eigenvalue weighted by atomic mass is 9.78. The Bertz CT molecular complexity index is 1770. The first-order valence-electron chi connectivity index (χ1n) is 16.9. The van der Waals surface area contributed by atoms with E-state index in [0.717, 1.165) is 29.6 Å². The third kappa shape index (κ3) is 6.73. The molecule has 4 aliphatic rings. The van der Waals surface area contributed by atoms with Crippen molar-refractivity contribution in [3.8, 4) is 0 Å². The zero-order valence-electron chi connectivity index (χ0n) is 27.2. The van der Waals surface area contributed by atoms with Crippen LogP contribution >= 0.6 is 0 Å². The maximum absolute atomic E-state index is 13.7. The second-order valence-corrected chi connectivity index (χ2v) is 13.7. The van der Waals surface area contributed by atoms with E-state index in [-0.39, 0.29) is 17.3 Å². The Morgan fingerprint density at radius 2 is 1.06 bits per heavy atom. The number of anilines is 4. The summed E-state index contributed by atoms with van der Waals surface area (Å²) in [5.74, 6) is -1.84. The van der Waals surface area contributed by atoms with Gasteiger partial charge in [-0.05, 0) is 93.8 Å². The predicted molar refractivity (Wildman–Crippen MR) is 179 cm³/mol. The molecular formula is C37H37F3N4O6. The summed E-state index contributed by atoms with van der Waals surface area (Å²) < 4.78 is 52.8. The van der Waals surface area contributed by atoms with Crippen molar-refractivity contribution >= 4 is 46.8 Å². The van der Waals surface area contributed by atoms with Crippen molar-refractivity contribution in [1.82, 2.24) is 0 Å². The summed E-state index contributed by atoms with van der Waals surface area (Å²) >= 11 is 0. The molecule has 4 fully saturated rings. The molecule has 13 heteroatoms. The van der Waals surface area contributed by atoms with Gasteiger partial charge in [0.15, 0.2) is 0 Å². The standard InChI is InChI=1S/C37H37F3N4O6/c38-37(39,40)26-11-12-29(41-31(45)24-13-17-35(18-14-24)22-43(33(47)49-35)27-7-3-1-4-8-27)30(21-26)42-32(46)25-15-19-36(20-16-25)23-44(34(48)50-36)28-9-5-2-6-10-28/h1-12,21,24-25H,13-20,22-23H2,(H,41,45)(H,42,46)/t24-,25?,35+,36?. The number of alkyl halides is 3. The van der Waals surface area contributed by atoms with E-state index in [1.54, 1.807) is 9.80 Å². The molecule has 3 aromatic carbocycles. The summed E-state index contributed by atoms with van der Waals surface area (Å²) in [6.45, 7) is 0.721. The monoisotopic (exact) mass is 690 g/mol.